The van der Waals surface area contributed by atoms with Gasteiger partial charge in [-0.1, -0.05) is 31.0 Å². The van der Waals surface area contributed by atoms with E-state index < -0.39 is 5.60 Å². The summed E-state index contributed by atoms with van der Waals surface area (Å²) in [6.45, 7) is 2.60. The molecule has 1 aliphatic heterocycles. The smallest absolute Gasteiger partial charge is 0.129 e. The summed E-state index contributed by atoms with van der Waals surface area (Å²) in [4.78, 5) is 0. The van der Waals surface area contributed by atoms with Crippen LogP contribution in [0.1, 0.15) is 38.2 Å². The summed E-state index contributed by atoms with van der Waals surface area (Å²) in [6, 6.07) is 6.42. The van der Waals surface area contributed by atoms with Crippen molar-refractivity contribution < 1.29 is 9.50 Å². The first-order chi connectivity index (χ1) is 8.12. The Morgan fingerprint density at radius 2 is 2.06 bits per heavy atom. The second-order valence-electron chi connectivity index (χ2n) is 4.98. The first-order valence-electron chi connectivity index (χ1n) is 6.33. The van der Waals surface area contributed by atoms with Crippen LogP contribution in [0.2, 0.25) is 0 Å². The molecule has 94 valence electrons. The summed E-state index contributed by atoms with van der Waals surface area (Å²) in [5.74, 6) is -0.330. The average Bonchev–Trinajstić information content (AvgIpc) is 2.58. The van der Waals surface area contributed by atoms with Crippen molar-refractivity contribution in [2.75, 3.05) is 6.54 Å². The van der Waals surface area contributed by atoms with E-state index in [2.05, 4.69) is 5.32 Å². The van der Waals surface area contributed by atoms with Crippen LogP contribution in [-0.4, -0.2) is 17.7 Å². The Labute approximate surface area is 102 Å². The SMILES string of the molecule is CC(O)(c1ccccc1F)C1CCCCCN1. The van der Waals surface area contributed by atoms with Crippen LogP contribution in [-0.2, 0) is 5.60 Å². The Morgan fingerprint density at radius 3 is 2.82 bits per heavy atom. The topological polar surface area (TPSA) is 32.3 Å². The van der Waals surface area contributed by atoms with E-state index in [4.69, 9.17) is 0 Å². The predicted octanol–water partition coefficient (Wildman–Crippen LogP) is 2.57. The maximum Gasteiger partial charge on any atom is 0.129 e. The molecule has 1 saturated heterocycles. The van der Waals surface area contributed by atoms with Gasteiger partial charge in [-0.25, -0.2) is 4.39 Å². The molecule has 3 heteroatoms. The summed E-state index contributed by atoms with van der Waals surface area (Å²) in [6.07, 6.45) is 4.28. The Bertz CT molecular complexity index is 370. The van der Waals surface area contributed by atoms with Crippen LogP contribution in [0.5, 0.6) is 0 Å². The van der Waals surface area contributed by atoms with Gasteiger partial charge in [0.2, 0.25) is 0 Å². The maximum absolute atomic E-state index is 13.8. The molecule has 0 saturated carbocycles. The summed E-state index contributed by atoms with van der Waals surface area (Å²) < 4.78 is 13.8. The van der Waals surface area contributed by atoms with Crippen LogP contribution < -0.4 is 5.32 Å². The monoisotopic (exact) mass is 237 g/mol. The minimum atomic E-state index is -1.14. The molecule has 0 bridgehead atoms. The third kappa shape index (κ3) is 2.67. The third-order valence-corrected chi connectivity index (χ3v) is 3.66. The summed E-state index contributed by atoms with van der Waals surface area (Å²) in [5.41, 5.74) is -0.755. The highest BCUT2D eigenvalue weighted by atomic mass is 19.1. The minimum Gasteiger partial charge on any atom is -0.384 e. The van der Waals surface area contributed by atoms with Crippen molar-refractivity contribution in [3.8, 4) is 0 Å². The van der Waals surface area contributed by atoms with Crippen molar-refractivity contribution in [3.05, 3.63) is 35.6 Å². The fourth-order valence-electron chi connectivity index (χ4n) is 2.57. The van der Waals surface area contributed by atoms with Crippen molar-refractivity contribution in [2.24, 2.45) is 0 Å². The van der Waals surface area contributed by atoms with Gasteiger partial charge in [0, 0.05) is 11.6 Å². The molecule has 1 fully saturated rings. The quantitative estimate of drug-likeness (QED) is 0.828. The zero-order valence-electron chi connectivity index (χ0n) is 10.2. The van der Waals surface area contributed by atoms with Crippen molar-refractivity contribution in [3.63, 3.8) is 0 Å². The molecule has 1 aromatic rings. The maximum atomic E-state index is 13.8. The second kappa shape index (κ2) is 5.15. The number of hydrogen-bond donors (Lipinski definition) is 2. The molecule has 0 amide bonds. The van der Waals surface area contributed by atoms with Crippen LogP contribution >= 0.6 is 0 Å². The normalized spacial score (nSPS) is 25.0. The predicted molar refractivity (Wildman–Crippen MR) is 66.2 cm³/mol. The average molecular weight is 237 g/mol. The molecule has 1 aliphatic rings. The van der Waals surface area contributed by atoms with Gasteiger partial charge in [-0.2, -0.15) is 0 Å². The van der Waals surface area contributed by atoms with Crippen LogP contribution in [0.15, 0.2) is 24.3 Å². The molecule has 0 aliphatic carbocycles. The fraction of sp³-hybridized carbons (Fsp3) is 0.571. The van der Waals surface area contributed by atoms with E-state index in [0.29, 0.717) is 5.56 Å². The number of aliphatic hydroxyl groups is 1. The Hall–Kier alpha value is -0.930. The molecule has 0 spiro atoms. The number of halogens is 1. The lowest BCUT2D eigenvalue weighted by Crippen LogP contribution is -2.46. The minimum absolute atomic E-state index is 0.0677. The summed E-state index contributed by atoms with van der Waals surface area (Å²) >= 11 is 0. The van der Waals surface area contributed by atoms with Gasteiger partial charge in [-0.3, -0.25) is 0 Å². The van der Waals surface area contributed by atoms with E-state index >= 15 is 0 Å². The molecule has 17 heavy (non-hydrogen) atoms. The van der Waals surface area contributed by atoms with Gasteiger partial charge < -0.3 is 10.4 Å². The van der Waals surface area contributed by atoms with Crippen LogP contribution in [0.3, 0.4) is 0 Å². The van der Waals surface area contributed by atoms with Crippen molar-refractivity contribution in [1.82, 2.24) is 5.32 Å². The number of nitrogens with one attached hydrogen (secondary N) is 1. The molecule has 2 atom stereocenters. The van der Waals surface area contributed by atoms with E-state index in [9.17, 15) is 9.50 Å². The van der Waals surface area contributed by atoms with Gasteiger partial charge in [0.05, 0.1) is 0 Å². The van der Waals surface area contributed by atoms with Crippen LogP contribution in [0.25, 0.3) is 0 Å². The van der Waals surface area contributed by atoms with E-state index in [1.807, 2.05) is 0 Å². The molecular weight excluding hydrogens is 217 g/mol. The van der Waals surface area contributed by atoms with Crippen molar-refractivity contribution in [1.29, 1.82) is 0 Å². The third-order valence-electron chi connectivity index (χ3n) is 3.66. The van der Waals surface area contributed by atoms with Crippen molar-refractivity contribution >= 4 is 0 Å². The Balaban J connectivity index is 2.25. The Kier molecular flexibility index (Phi) is 3.79. The zero-order chi connectivity index (χ0) is 12.3. The van der Waals surface area contributed by atoms with Crippen molar-refractivity contribution in [2.45, 2.75) is 44.2 Å². The van der Waals surface area contributed by atoms with Gasteiger partial charge in [0.1, 0.15) is 11.4 Å². The standard InChI is InChI=1S/C14H20FNO/c1-14(17,11-7-4-5-8-12(11)15)13-9-3-2-6-10-16-13/h4-5,7-8,13,16-17H,2-3,6,9-10H2,1H3. The lowest BCUT2D eigenvalue weighted by molar-refractivity contribution is 0.0104. The summed E-state index contributed by atoms with van der Waals surface area (Å²) in [5, 5.41) is 13.9. The Morgan fingerprint density at radius 1 is 1.29 bits per heavy atom. The molecule has 0 aromatic heterocycles. The largest absolute Gasteiger partial charge is 0.384 e. The van der Waals surface area contributed by atoms with Crippen LogP contribution in [0, 0.1) is 5.82 Å². The molecule has 2 rings (SSSR count). The first-order valence-corrected chi connectivity index (χ1v) is 6.33. The second-order valence-corrected chi connectivity index (χ2v) is 4.98. The highest BCUT2D eigenvalue weighted by molar-refractivity contribution is 5.25. The number of rotatable bonds is 2. The van der Waals surface area contributed by atoms with E-state index in [1.165, 1.54) is 12.5 Å². The van der Waals surface area contributed by atoms with Gasteiger partial charge in [-0.15, -0.1) is 0 Å². The molecule has 2 nitrogen and oxygen atoms in total. The van der Waals surface area contributed by atoms with Gasteiger partial charge in [0.25, 0.3) is 0 Å². The van der Waals surface area contributed by atoms with Crippen LogP contribution in [0.4, 0.5) is 4.39 Å². The van der Waals surface area contributed by atoms with Gasteiger partial charge >= 0.3 is 0 Å². The number of benzene rings is 1. The molecule has 2 N–H and O–H groups in total. The lowest BCUT2D eigenvalue weighted by atomic mass is 9.85. The summed E-state index contributed by atoms with van der Waals surface area (Å²) in [7, 11) is 0. The van der Waals surface area contributed by atoms with E-state index in [0.717, 1.165) is 25.8 Å². The molecule has 1 heterocycles. The molecule has 1 aromatic carbocycles. The van der Waals surface area contributed by atoms with Gasteiger partial charge in [-0.05, 0) is 32.4 Å². The first kappa shape index (κ1) is 12.5. The lowest BCUT2D eigenvalue weighted by Gasteiger charge is -2.33. The highest BCUT2D eigenvalue weighted by Gasteiger charge is 2.35. The molecule has 0 radical (unpaired) electrons. The zero-order valence-corrected chi connectivity index (χ0v) is 10.2. The van der Waals surface area contributed by atoms with Gasteiger partial charge in [0.15, 0.2) is 0 Å². The van der Waals surface area contributed by atoms with E-state index in [1.54, 1.807) is 25.1 Å². The fourth-order valence-corrected chi connectivity index (χ4v) is 2.57. The molecule has 2 unspecified atom stereocenters. The van der Waals surface area contributed by atoms with E-state index in [-0.39, 0.29) is 11.9 Å². The number of hydrogen-bond acceptors (Lipinski definition) is 2. The molecular formula is C14H20FNO. The highest BCUT2D eigenvalue weighted by Crippen LogP contribution is 2.30.